The summed E-state index contributed by atoms with van der Waals surface area (Å²) in [7, 11) is 0. The number of benzene rings is 1. The highest BCUT2D eigenvalue weighted by atomic mass is 14.1. The molecule has 23 heavy (non-hydrogen) atoms. The number of unbranched alkanes of at least 4 members (excludes halogenated alkanes) is 1. The molecule has 0 amide bonds. The van der Waals surface area contributed by atoms with E-state index in [2.05, 4.69) is 85.9 Å². The molecule has 0 N–H and O–H groups in total. The molecular formula is C23H30. The van der Waals surface area contributed by atoms with Crippen LogP contribution < -0.4 is 0 Å². The summed E-state index contributed by atoms with van der Waals surface area (Å²) in [5.74, 6) is 1.38. The molecule has 0 nitrogen and oxygen atoms in total. The molecule has 2 unspecified atom stereocenters. The van der Waals surface area contributed by atoms with Crippen LogP contribution in [0.2, 0.25) is 0 Å². The number of allylic oxidation sites excluding steroid dienone is 7. The van der Waals surface area contributed by atoms with E-state index in [1.165, 1.54) is 37.7 Å². The average Bonchev–Trinajstić information content (AvgIpc) is 2.61. The molecule has 1 aliphatic carbocycles. The Kier molecular flexibility index (Phi) is 8.26. The normalized spacial score (nSPS) is 18.9. The van der Waals surface area contributed by atoms with Crippen LogP contribution in [-0.4, -0.2) is 0 Å². The van der Waals surface area contributed by atoms with Gasteiger partial charge >= 0.3 is 0 Å². The van der Waals surface area contributed by atoms with E-state index < -0.39 is 0 Å². The quantitative estimate of drug-likeness (QED) is 0.432. The van der Waals surface area contributed by atoms with Crippen molar-refractivity contribution >= 4 is 6.08 Å². The van der Waals surface area contributed by atoms with Crippen molar-refractivity contribution in [2.45, 2.75) is 45.4 Å². The molecule has 2 rings (SSSR count). The first-order valence-corrected chi connectivity index (χ1v) is 9.10. The van der Waals surface area contributed by atoms with E-state index >= 15 is 0 Å². The van der Waals surface area contributed by atoms with Crippen LogP contribution in [0, 0.1) is 11.8 Å². The first-order valence-electron chi connectivity index (χ1n) is 9.10. The van der Waals surface area contributed by atoms with Gasteiger partial charge in [-0.15, -0.1) is 0 Å². The van der Waals surface area contributed by atoms with Gasteiger partial charge < -0.3 is 0 Å². The Morgan fingerprint density at radius 2 is 1.91 bits per heavy atom. The van der Waals surface area contributed by atoms with Crippen LogP contribution in [-0.2, 0) is 0 Å². The molecule has 2 atom stereocenters. The molecule has 0 heteroatoms. The zero-order chi connectivity index (χ0) is 16.2. The average molecular weight is 306 g/mol. The zero-order valence-corrected chi connectivity index (χ0v) is 14.4. The van der Waals surface area contributed by atoms with Crippen LogP contribution in [0.3, 0.4) is 0 Å². The third kappa shape index (κ3) is 7.32. The van der Waals surface area contributed by atoms with E-state index in [0.29, 0.717) is 5.92 Å². The van der Waals surface area contributed by atoms with Crippen LogP contribution in [0.15, 0.2) is 72.9 Å². The Bertz CT molecular complexity index is 530. The van der Waals surface area contributed by atoms with Crippen molar-refractivity contribution in [2.75, 3.05) is 0 Å². The monoisotopic (exact) mass is 306 g/mol. The lowest BCUT2D eigenvalue weighted by Gasteiger charge is -2.13. The highest BCUT2D eigenvalue weighted by molar-refractivity contribution is 5.48. The third-order valence-corrected chi connectivity index (χ3v) is 4.41. The molecule has 1 aromatic rings. The van der Waals surface area contributed by atoms with Gasteiger partial charge in [-0.3, -0.25) is 0 Å². The molecule has 0 bridgehead atoms. The van der Waals surface area contributed by atoms with Crippen molar-refractivity contribution in [1.29, 1.82) is 0 Å². The molecule has 0 aromatic heterocycles. The predicted octanol–water partition coefficient (Wildman–Crippen LogP) is 6.97. The topological polar surface area (TPSA) is 0 Å². The second-order valence-corrected chi connectivity index (χ2v) is 6.43. The van der Waals surface area contributed by atoms with Crippen molar-refractivity contribution in [3.05, 3.63) is 78.4 Å². The Labute approximate surface area is 142 Å². The number of hydrogen-bond donors (Lipinski definition) is 0. The van der Waals surface area contributed by atoms with Gasteiger partial charge in [-0.2, -0.15) is 0 Å². The molecule has 0 aliphatic heterocycles. The number of hydrogen-bond acceptors (Lipinski definition) is 0. The largest absolute Gasteiger partial charge is 0.0876 e. The van der Waals surface area contributed by atoms with Gasteiger partial charge in [0.1, 0.15) is 0 Å². The molecular weight excluding hydrogens is 276 g/mol. The molecule has 1 aromatic carbocycles. The number of rotatable bonds is 9. The van der Waals surface area contributed by atoms with Crippen LogP contribution in [0.5, 0.6) is 0 Å². The van der Waals surface area contributed by atoms with Gasteiger partial charge in [0, 0.05) is 0 Å². The molecule has 0 saturated heterocycles. The van der Waals surface area contributed by atoms with Crippen molar-refractivity contribution in [2.24, 2.45) is 11.8 Å². The fourth-order valence-electron chi connectivity index (χ4n) is 2.97. The first kappa shape index (κ1) is 17.5. The Morgan fingerprint density at radius 3 is 2.65 bits per heavy atom. The van der Waals surface area contributed by atoms with E-state index in [4.69, 9.17) is 0 Å². The second kappa shape index (κ2) is 10.8. The molecule has 0 fully saturated rings. The van der Waals surface area contributed by atoms with E-state index in [-0.39, 0.29) is 0 Å². The summed E-state index contributed by atoms with van der Waals surface area (Å²) in [6, 6.07) is 10.6. The van der Waals surface area contributed by atoms with Crippen LogP contribution in [0.25, 0.3) is 6.08 Å². The van der Waals surface area contributed by atoms with Crippen molar-refractivity contribution in [3.63, 3.8) is 0 Å². The third-order valence-electron chi connectivity index (χ3n) is 4.41. The van der Waals surface area contributed by atoms with Gasteiger partial charge in [-0.25, -0.2) is 0 Å². The summed E-state index contributed by atoms with van der Waals surface area (Å²) < 4.78 is 0. The van der Waals surface area contributed by atoms with E-state index in [0.717, 1.165) is 12.3 Å². The smallest absolute Gasteiger partial charge is 0.00157 e. The Morgan fingerprint density at radius 1 is 1.09 bits per heavy atom. The van der Waals surface area contributed by atoms with E-state index in [1.54, 1.807) is 0 Å². The fourth-order valence-corrected chi connectivity index (χ4v) is 2.97. The minimum atomic E-state index is 0.603. The summed E-state index contributed by atoms with van der Waals surface area (Å²) in [6.45, 7) is 2.28. The Hall–Kier alpha value is -1.82. The summed E-state index contributed by atoms with van der Waals surface area (Å²) in [4.78, 5) is 0. The Balaban J connectivity index is 1.81. The van der Waals surface area contributed by atoms with Gasteiger partial charge in [-0.05, 0) is 43.1 Å². The molecule has 0 spiro atoms. The summed E-state index contributed by atoms with van der Waals surface area (Å²) in [5, 5.41) is 0. The minimum absolute atomic E-state index is 0.603. The van der Waals surface area contributed by atoms with Gasteiger partial charge in [0.15, 0.2) is 0 Å². The van der Waals surface area contributed by atoms with Crippen molar-refractivity contribution < 1.29 is 0 Å². The maximum absolute atomic E-state index is 2.41. The molecule has 0 saturated carbocycles. The first-order chi connectivity index (χ1) is 11.4. The predicted molar refractivity (Wildman–Crippen MR) is 103 cm³/mol. The SMILES string of the molecule is CCCCC(C/C=C/c1ccccc1)C/C=C/C1C=CC=CC1. The summed E-state index contributed by atoms with van der Waals surface area (Å²) >= 11 is 0. The van der Waals surface area contributed by atoms with Gasteiger partial charge in [0.05, 0.1) is 0 Å². The van der Waals surface area contributed by atoms with Crippen LogP contribution in [0.1, 0.15) is 51.0 Å². The van der Waals surface area contributed by atoms with Gasteiger partial charge in [0.25, 0.3) is 0 Å². The molecule has 122 valence electrons. The molecule has 0 radical (unpaired) electrons. The second-order valence-electron chi connectivity index (χ2n) is 6.43. The van der Waals surface area contributed by atoms with Crippen LogP contribution >= 0.6 is 0 Å². The lowest BCUT2D eigenvalue weighted by Crippen LogP contribution is -1.99. The lowest BCUT2D eigenvalue weighted by atomic mass is 9.93. The maximum atomic E-state index is 2.41. The lowest BCUT2D eigenvalue weighted by molar-refractivity contribution is 0.475. The van der Waals surface area contributed by atoms with E-state index in [1.807, 2.05) is 0 Å². The fraction of sp³-hybridized carbons (Fsp3) is 0.391. The van der Waals surface area contributed by atoms with Gasteiger partial charge in [-0.1, -0.05) is 98.7 Å². The zero-order valence-electron chi connectivity index (χ0n) is 14.4. The minimum Gasteiger partial charge on any atom is -0.0876 e. The molecule has 1 aliphatic rings. The summed E-state index contributed by atoms with van der Waals surface area (Å²) in [5.41, 5.74) is 1.30. The standard InChI is InChI=1S/C23H30/c1-2-3-12-21(17-10-19-22-13-6-4-7-14-22)18-11-20-23-15-8-5-9-16-23/h4-11,13-15,19-21,23H,2-3,12,16-18H2,1H3/b19-10+,20-11+. The van der Waals surface area contributed by atoms with Crippen molar-refractivity contribution in [1.82, 2.24) is 0 Å². The maximum Gasteiger partial charge on any atom is -0.00157 e. The van der Waals surface area contributed by atoms with Gasteiger partial charge in [0.2, 0.25) is 0 Å². The van der Waals surface area contributed by atoms with E-state index in [9.17, 15) is 0 Å². The molecule has 0 heterocycles. The highest BCUT2D eigenvalue weighted by Gasteiger charge is 2.05. The summed E-state index contributed by atoms with van der Waals surface area (Å²) in [6.07, 6.45) is 25.8. The van der Waals surface area contributed by atoms with Crippen LogP contribution in [0.4, 0.5) is 0 Å². The van der Waals surface area contributed by atoms with Crippen molar-refractivity contribution in [3.8, 4) is 0 Å². The highest BCUT2D eigenvalue weighted by Crippen LogP contribution is 2.21.